The topological polar surface area (TPSA) is 159 Å². The molecule has 262 valence electrons. The Bertz CT molecular complexity index is 1770. The van der Waals surface area contributed by atoms with E-state index in [1.54, 1.807) is 44.2 Å². The molecule has 3 aromatic carbocycles. The summed E-state index contributed by atoms with van der Waals surface area (Å²) in [6.07, 6.45) is 3.33. The van der Waals surface area contributed by atoms with Crippen LogP contribution in [0.4, 0.5) is 0 Å². The van der Waals surface area contributed by atoms with Crippen LogP contribution in [0.3, 0.4) is 0 Å². The van der Waals surface area contributed by atoms with Crippen molar-refractivity contribution < 1.29 is 61.9 Å². The molecule has 3 aromatic rings. The standard InChI is InChI=1S/C37H36O13/c1-7-32(38)46-20-44-30-13-11-27(16-24(30)5)37(42)50-29-12-10-26(23(4)18-29)14-15-43-36(41)28-17-25(6)35(49-22-48-34(40)9-3)31(19-28)45-21-47-33(39)8-2/h7-13,16-19H,1-3,14-15,20-22H2,4-6H3. The van der Waals surface area contributed by atoms with Gasteiger partial charge in [-0.05, 0) is 85.5 Å². The van der Waals surface area contributed by atoms with Gasteiger partial charge in [0.1, 0.15) is 11.5 Å². The lowest BCUT2D eigenvalue weighted by atomic mass is 10.1. The monoisotopic (exact) mass is 688 g/mol. The Labute approximate surface area is 288 Å². The molecule has 0 unspecified atom stereocenters. The van der Waals surface area contributed by atoms with Crippen molar-refractivity contribution in [2.75, 3.05) is 27.0 Å². The predicted octanol–water partition coefficient (Wildman–Crippen LogP) is 5.43. The molecule has 0 aliphatic heterocycles. The van der Waals surface area contributed by atoms with Crippen LogP contribution < -0.4 is 18.9 Å². The third-order valence-corrected chi connectivity index (χ3v) is 6.75. The molecule has 0 fully saturated rings. The van der Waals surface area contributed by atoms with Gasteiger partial charge in [0.2, 0.25) is 20.4 Å². The average molecular weight is 689 g/mol. The molecule has 0 N–H and O–H groups in total. The summed E-state index contributed by atoms with van der Waals surface area (Å²) < 4.78 is 42.0. The fraction of sp³-hybridized carbons (Fsp3) is 0.216. The van der Waals surface area contributed by atoms with Crippen molar-refractivity contribution in [3.63, 3.8) is 0 Å². The molecular weight excluding hydrogens is 652 g/mol. The molecule has 0 saturated heterocycles. The normalized spacial score (nSPS) is 10.1. The van der Waals surface area contributed by atoms with Gasteiger partial charge in [-0.15, -0.1) is 0 Å². The van der Waals surface area contributed by atoms with E-state index >= 15 is 0 Å². The summed E-state index contributed by atoms with van der Waals surface area (Å²) in [5.74, 6) is -2.33. The lowest BCUT2D eigenvalue weighted by Gasteiger charge is -2.16. The van der Waals surface area contributed by atoms with Gasteiger partial charge < -0.3 is 37.9 Å². The van der Waals surface area contributed by atoms with Crippen LogP contribution in [0.2, 0.25) is 0 Å². The van der Waals surface area contributed by atoms with Gasteiger partial charge in [-0.3, -0.25) is 0 Å². The second-order valence-electron chi connectivity index (χ2n) is 10.3. The molecule has 3 rings (SSSR count). The molecule has 0 amide bonds. The number of carbonyl (C=O) groups excluding carboxylic acids is 5. The van der Waals surface area contributed by atoms with Crippen molar-refractivity contribution >= 4 is 29.8 Å². The Morgan fingerprint density at radius 2 is 1.16 bits per heavy atom. The SMILES string of the molecule is C=CC(=O)OCOc1ccc(C(=O)Oc2ccc(CCOC(=O)c3cc(C)c(OCOC(=O)C=C)c(OCOC(=O)C=C)c3)c(C)c2)cc1C. The van der Waals surface area contributed by atoms with Crippen LogP contribution in [0.15, 0.2) is 86.5 Å². The largest absolute Gasteiger partial charge is 0.462 e. The number of rotatable bonds is 18. The third-order valence-electron chi connectivity index (χ3n) is 6.75. The van der Waals surface area contributed by atoms with Crippen molar-refractivity contribution in [3.8, 4) is 23.0 Å². The highest BCUT2D eigenvalue weighted by molar-refractivity contribution is 5.92. The van der Waals surface area contributed by atoms with E-state index in [2.05, 4.69) is 19.7 Å². The maximum Gasteiger partial charge on any atom is 0.343 e. The van der Waals surface area contributed by atoms with Gasteiger partial charge in [-0.1, -0.05) is 25.8 Å². The van der Waals surface area contributed by atoms with Crippen LogP contribution in [0.25, 0.3) is 0 Å². The van der Waals surface area contributed by atoms with Crippen molar-refractivity contribution in [1.82, 2.24) is 0 Å². The predicted molar refractivity (Wildman–Crippen MR) is 178 cm³/mol. The van der Waals surface area contributed by atoms with Crippen molar-refractivity contribution in [2.24, 2.45) is 0 Å². The molecule has 0 aliphatic rings. The van der Waals surface area contributed by atoms with Crippen molar-refractivity contribution in [1.29, 1.82) is 0 Å². The van der Waals surface area contributed by atoms with E-state index in [-0.39, 0.29) is 30.5 Å². The minimum absolute atomic E-state index is 0.0290. The van der Waals surface area contributed by atoms with E-state index in [0.29, 0.717) is 34.6 Å². The van der Waals surface area contributed by atoms with Crippen LogP contribution in [-0.2, 0) is 39.8 Å². The van der Waals surface area contributed by atoms with Crippen LogP contribution in [-0.4, -0.2) is 56.8 Å². The van der Waals surface area contributed by atoms with Gasteiger partial charge in [0.05, 0.1) is 17.7 Å². The highest BCUT2D eigenvalue weighted by atomic mass is 16.7. The summed E-state index contributed by atoms with van der Waals surface area (Å²) in [7, 11) is 0. The molecule has 0 spiro atoms. The molecule has 13 nitrogen and oxygen atoms in total. The summed E-state index contributed by atoms with van der Waals surface area (Å²) in [5, 5.41) is 0. The summed E-state index contributed by atoms with van der Waals surface area (Å²) >= 11 is 0. The summed E-state index contributed by atoms with van der Waals surface area (Å²) in [5.41, 5.74) is 3.18. The van der Waals surface area contributed by atoms with Crippen LogP contribution in [0.1, 0.15) is 43.0 Å². The Hall–Kier alpha value is -6.37. The maximum atomic E-state index is 13.0. The fourth-order valence-corrected chi connectivity index (χ4v) is 4.23. The second kappa shape index (κ2) is 18.8. The second-order valence-corrected chi connectivity index (χ2v) is 10.3. The van der Waals surface area contributed by atoms with Crippen LogP contribution in [0, 0.1) is 20.8 Å². The van der Waals surface area contributed by atoms with Gasteiger partial charge in [0.25, 0.3) is 0 Å². The molecule has 0 aliphatic carbocycles. The maximum absolute atomic E-state index is 13.0. The lowest BCUT2D eigenvalue weighted by Crippen LogP contribution is -2.13. The highest BCUT2D eigenvalue weighted by Crippen LogP contribution is 2.33. The smallest absolute Gasteiger partial charge is 0.343 e. The minimum Gasteiger partial charge on any atom is -0.462 e. The Balaban J connectivity index is 1.60. The highest BCUT2D eigenvalue weighted by Gasteiger charge is 2.18. The molecule has 0 heterocycles. The zero-order chi connectivity index (χ0) is 36.6. The average Bonchev–Trinajstić information content (AvgIpc) is 3.10. The first-order chi connectivity index (χ1) is 23.9. The molecule has 50 heavy (non-hydrogen) atoms. The van der Waals surface area contributed by atoms with Crippen molar-refractivity contribution in [2.45, 2.75) is 27.2 Å². The number of hydrogen-bond acceptors (Lipinski definition) is 13. The van der Waals surface area contributed by atoms with E-state index in [4.69, 9.17) is 37.9 Å². The number of hydrogen-bond donors (Lipinski definition) is 0. The van der Waals surface area contributed by atoms with Gasteiger partial charge in [-0.2, -0.15) is 0 Å². The van der Waals surface area contributed by atoms with Gasteiger partial charge >= 0.3 is 29.8 Å². The number of carbonyl (C=O) groups is 5. The van der Waals surface area contributed by atoms with Crippen LogP contribution in [0.5, 0.6) is 23.0 Å². The quantitative estimate of drug-likeness (QED) is 0.0548. The summed E-state index contributed by atoms with van der Waals surface area (Å²) in [6.45, 7) is 13.9. The number of aryl methyl sites for hydroxylation is 3. The molecule has 0 radical (unpaired) electrons. The molecule has 13 heteroatoms. The van der Waals surface area contributed by atoms with E-state index in [1.807, 2.05) is 6.92 Å². The van der Waals surface area contributed by atoms with E-state index in [0.717, 1.165) is 29.4 Å². The minimum atomic E-state index is -0.722. The number of esters is 5. The summed E-state index contributed by atoms with van der Waals surface area (Å²) in [6, 6.07) is 12.7. The first kappa shape index (κ1) is 38.1. The van der Waals surface area contributed by atoms with E-state index in [9.17, 15) is 24.0 Å². The Kier molecular flexibility index (Phi) is 14.3. The van der Waals surface area contributed by atoms with Gasteiger partial charge in [0.15, 0.2) is 11.5 Å². The number of ether oxygens (including phenoxy) is 8. The van der Waals surface area contributed by atoms with E-state index in [1.165, 1.54) is 18.2 Å². The third kappa shape index (κ3) is 11.4. The fourth-order valence-electron chi connectivity index (χ4n) is 4.23. The molecular formula is C37H36O13. The Morgan fingerprint density at radius 3 is 1.74 bits per heavy atom. The van der Waals surface area contributed by atoms with Crippen molar-refractivity contribution in [3.05, 3.63) is 120 Å². The molecule has 0 bridgehead atoms. The molecule has 0 saturated carbocycles. The lowest BCUT2D eigenvalue weighted by molar-refractivity contribution is -0.146. The molecule has 0 atom stereocenters. The zero-order valence-corrected chi connectivity index (χ0v) is 27.8. The van der Waals surface area contributed by atoms with Gasteiger partial charge in [-0.25, -0.2) is 24.0 Å². The summed E-state index contributed by atoms with van der Waals surface area (Å²) in [4.78, 5) is 59.7. The first-order valence-corrected chi connectivity index (χ1v) is 15.0. The van der Waals surface area contributed by atoms with Crippen LogP contribution >= 0.6 is 0 Å². The number of benzene rings is 3. The molecule has 0 aromatic heterocycles. The van der Waals surface area contributed by atoms with Gasteiger partial charge in [0, 0.05) is 24.6 Å². The first-order valence-electron chi connectivity index (χ1n) is 15.0. The zero-order valence-electron chi connectivity index (χ0n) is 27.8. The van der Waals surface area contributed by atoms with E-state index < -0.39 is 43.4 Å². The Morgan fingerprint density at radius 1 is 0.580 bits per heavy atom.